The van der Waals surface area contributed by atoms with Gasteiger partial charge in [-0.15, -0.1) is 0 Å². The molecular weight excluding hydrogens is 193 g/mol. The predicted molar refractivity (Wildman–Crippen MR) is 56.9 cm³/mol. The van der Waals surface area contributed by atoms with Crippen LogP contribution in [0.1, 0.15) is 30.4 Å². The minimum Gasteiger partial charge on any atom is -0.392 e. The highest BCUT2D eigenvalue weighted by molar-refractivity contribution is 5.33. The topological polar surface area (TPSA) is 46.2 Å². The van der Waals surface area contributed by atoms with Gasteiger partial charge in [-0.1, -0.05) is 12.5 Å². The number of aliphatic hydroxyl groups is 1. The van der Waals surface area contributed by atoms with Crippen molar-refractivity contribution in [2.75, 3.05) is 6.54 Å². The molecule has 0 saturated heterocycles. The first-order valence-corrected chi connectivity index (χ1v) is 5.32. The fraction of sp³-hybridized carbons (Fsp3) is 0.500. The van der Waals surface area contributed by atoms with Gasteiger partial charge in [0.2, 0.25) is 0 Å². The smallest absolute Gasteiger partial charge is 0.128 e. The molecule has 1 aromatic rings. The fourth-order valence-corrected chi connectivity index (χ4v) is 2.24. The summed E-state index contributed by atoms with van der Waals surface area (Å²) in [5, 5.41) is 9.00. The lowest BCUT2D eigenvalue weighted by Crippen LogP contribution is -2.41. The molecule has 1 aromatic carbocycles. The second-order valence-electron chi connectivity index (χ2n) is 4.30. The van der Waals surface area contributed by atoms with Gasteiger partial charge in [-0.3, -0.25) is 0 Å². The lowest BCUT2D eigenvalue weighted by Gasteiger charge is -2.41. The van der Waals surface area contributed by atoms with Gasteiger partial charge in [-0.2, -0.15) is 0 Å². The van der Waals surface area contributed by atoms with Crippen molar-refractivity contribution >= 4 is 0 Å². The van der Waals surface area contributed by atoms with E-state index in [1.165, 1.54) is 12.5 Å². The first-order valence-electron chi connectivity index (χ1n) is 5.32. The summed E-state index contributed by atoms with van der Waals surface area (Å²) < 4.78 is 13.2. The van der Waals surface area contributed by atoms with Crippen LogP contribution in [0.4, 0.5) is 4.39 Å². The van der Waals surface area contributed by atoms with Gasteiger partial charge >= 0.3 is 0 Å². The van der Waals surface area contributed by atoms with Crippen LogP contribution in [0.2, 0.25) is 0 Å². The molecule has 0 aromatic heterocycles. The third-order valence-corrected chi connectivity index (χ3v) is 3.53. The lowest BCUT2D eigenvalue weighted by atomic mass is 9.64. The quantitative estimate of drug-likeness (QED) is 0.796. The summed E-state index contributed by atoms with van der Waals surface area (Å²) in [4.78, 5) is 0. The van der Waals surface area contributed by atoms with Gasteiger partial charge < -0.3 is 10.8 Å². The molecule has 0 bridgehead atoms. The normalized spacial score (nSPS) is 18.6. The van der Waals surface area contributed by atoms with Crippen molar-refractivity contribution in [2.45, 2.75) is 31.3 Å². The molecule has 1 aliphatic carbocycles. The molecule has 1 saturated carbocycles. The highest BCUT2D eigenvalue weighted by Gasteiger charge is 2.37. The molecule has 0 heterocycles. The first-order chi connectivity index (χ1) is 7.22. The van der Waals surface area contributed by atoms with Crippen molar-refractivity contribution < 1.29 is 9.50 Å². The van der Waals surface area contributed by atoms with Crippen LogP contribution in [-0.2, 0) is 12.0 Å². The van der Waals surface area contributed by atoms with E-state index >= 15 is 0 Å². The van der Waals surface area contributed by atoms with Crippen molar-refractivity contribution in [3.05, 3.63) is 35.1 Å². The van der Waals surface area contributed by atoms with Crippen LogP contribution in [-0.4, -0.2) is 11.7 Å². The van der Waals surface area contributed by atoms with Crippen LogP contribution >= 0.6 is 0 Å². The van der Waals surface area contributed by atoms with E-state index in [2.05, 4.69) is 0 Å². The Labute approximate surface area is 88.9 Å². The number of hydrogen-bond acceptors (Lipinski definition) is 2. The summed E-state index contributed by atoms with van der Waals surface area (Å²) in [5.41, 5.74) is 7.25. The number of nitrogens with two attached hydrogens (primary N) is 1. The minimum atomic E-state index is -0.340. The molecule has 2 nitrogen and oxygen atoms in total. The molecule has 0 spiro atoms. The average Bonchev–Trinajstić information content (AvgIpc) is 2.19. The summed E-state index contributed by atoms with van der Waals surface area (Å²) in [6.07, 6.45) is 3.32. The highest BCUT2D eigenvalue weighted by Crippen LogP contribution is 2.43. The maximum atomic E-state index is 13.2. The maximum absolute atomic E-state index is 13.2. The molecule has 1 fully saturated rings. The predicted octanol–water partition coefficient (Wildman–Crippen LogP) is 1.70. The number of benzene rings is 1. The fourth-order valence-electron chi connectivity index (χ4n) is 2.24. The summed E-state index contributed by atoms with van der Waals surface area (Å²) in [5.74, 6) is -0.340. The van der Waals surface area contributed by atoms with Crippen LogP contribution < -0.4 is 5.73 Å². The zero-order chi connectivity index (χ0) is 10.9. The first kappa shape index (κ1) is 10.6. The zero-order valence-corrected chi connectivity index (χ0v) is 8.67. The van der Waals surface area contributed by atoms with E-state index in [9.17, 15) is 4.39 Å². The second kappa shape index (κ2) is 3.91. The minimum absolute atomic E-state index is 0.0393. The molecular formula is C12H16FNO. The third kappa shape index (κ3) is 1.66. The van der Waals surface area contributed by atoms with E-state index in [4.69, 9.17) is 10.8 Å². The molecule has 3 heteroatoms. The Morgan fingerprint density at radius 3 is 2.60 bits per heavy atom. The van der Waals surface area contributed by atoms with Gasteiger partial charge in [0.1, 0.15) is 5.82 Å². The van der Waals surface area contributed by atoms with Gasteiger partial charge in [-0.05, 0) is 30.5 Å². The molecule has 0 aliphatic heterocycles. The largest absolute Gasteiger partial charge is 0.392 e. The Morgan fingerprint density at radius 1 is 1.40 bits per heavy atom. The van der Waals surface area contributed by atoms with Crippen molar-refractivity contribution in [3.8, 4) is 0 Å². The number of hydrogen-bond donors (Lipinski definition) is 2. The summed E-state index contributed by atoms with van der Waals surface area (Å²) in [7, 11) is 0. The molecule has 3 N–H and O–H groups in total. The molecule has 1 aliphatic rings. The van der Waals surface area contributed by atoms with Gasteiger partial charge in [0.05, 0.1) is 6.61 Å². The van der Waals surface area contributed by atoms with Gasteiger partial charge in [0.15, 0.2) is 0 Å². The van der Waals surface area contributed by atoms with E-state index in [0.29, 0.717) is 12.1 Å². The molecule has 2 rings (SSSR count). The van der Waals surface area contributed by atoms with Crippen LogP contribution in [0.25, 0.3) is 0 Å². The molecule has 15 heavy (non-hydrogen) atoms. The van der Waals surface area contributed by atoms with Crippen LogP contribution in [0.5, 0.6) is 0 Å². The van der Waals surface area contributed by atoms with Gasteiger partial charge in [-0.25, -0.2) is 4.39 Å². The highest BCUT2D eigenvalue weighted by atomic mass is 19.1. The SMILES string of the molecule is NCC1(c2ccc(F)c(CO)c2)CCC1. The molecule has 0 amide bonds. The maximum Gasteiger partial charge on any atom is 0.128 e. The Kier molecular flexibility index (Phi) is 2.76. The molecule has 0 atom stereocenters. The van der Waals surface area contributed by atoms with Crippen molar-refractivity contribution in [1.29, 1.82) is 0 Å². The monoisotopic (exact) mass is 209 g/mol. The van der Waals surface area contributed by atoms with Crippen molar-refractivity contribution in [1.82, 2.24) is 0 Å². The number of rotatable bonds is 3. The van der Waals surface area contributed by atoms with E-state index < -0.39 is 0 Å². The summed E-state index contributed by atoms with van der Waals surface area (Å²) in [6, 6.07) is 4.97. The Hall–Kier alpha value is -0.930. The number of aliphatic hydroxyl groups excluding tert-OH is 1. The van der Waals surface area contributed by atoms with Gasteiger partial charge in [0.25, 0.3) is 0 Å². The van der Waals surface area contributed by atoms with E-state index in [-0.39, 0.29) is 17.8 Å². The summed E-state index contributed by atoms with van der Waals surface area (Å²) >= 11 is 0. The molecule has 0 radical (unpaired) electrons. The average molecular weight is 209 g/mol. The second-order valence-corrected chi connectivity index (χ2v) is 4.30. The Balaban J connectivity index is 2.36. The molecule has 82 valence electrons. The van der Waals surface area contributed by atoms with Crippen molar-refractivity contribution in [3.63, 3.8) is 0 Å². The van der Waals surface area contributed by atoms with E-state index in [0.717, 1.165) is 18.4 Å². The van der Waals surface area contributed by atoms with Crippen LogP contribution in [0, 0.1) is 5.82 Å². The van der Waals surface area contributed by atoms with Crippen LogP contribution in [0.3, 0.4) is 0 Å². The summed E-state index contributed by atoms with van der Waals surface area (Å²) in [6.45, 7) is 0.351. The Morgan fingerprint density at radius 2 is 2.13 bits per heavy atom. The van der Waals surface area contributed by atoms with Gasteiger partial charge in [0, 0.05) is 17.5 Å². The Bertz CT molecular complexity index is 355. The van der Waals surface area contributed by atoms with E-state index in [1.54, 1.807) is 12.1 Å². The standard InChI is InChI=1S/C12H16FNO/c13-11-3-2-10(6-9(11)7-15)12(8-14)4-1-5-12/h2-3,6,15H,1,4-5,7-8,14H2. The number of halogens is 1. The molecule has 0 unspecified atom stereocenters. The third-order valence-electron chi connectivity index (χ3n) is 3.53. The lowest BCUT2D eigenvalue weighted by molar-refractivity contribution is 0.249. The van der Waals surface area contributed by atoms with Crippen molar-refractivity contribution in [2.24, 2.45) is 5.73 Å². The zero-order valence-electron chi connectivity index (χ0n) is 8.67. The van der Waals surface area contributed by atoms with Crippen LogP contribution in [0.15, 0.2) is 18.2 Å². The van der Waals surface area contributed by atoms with E-state index in [1.807, 2.05) is 0 Å².